The summed E-state index contributed by atoms with van der Waals surface area (Å²) in [7, 11) is 0. The van der Waals surface area contributed by atoms with Crippen molar-refractivity contribution in [2.75, 3.05) is 0 Å². The predicted octanol–water partition coefficient (Wildman–Crippen LogP) is 5.51. The van der Waals surface area contributed by atoms with Crippen LogP contribution in [-0.4, -0.2) is 14.0 Å². The summed E-state index contributed by atoms with van der Waals surface area (Å²) in [5.74, 6) is 0. The first-order chi connectivity index (χ1) is 10.4. The van der Waals surface area contributed by atoms with Crippen LogP contribution in [0, 0.1) is 0 Å². The molecule has 0 heterocycles. The minimum absolute atomic E-state index is 0.128. The summed E-state index contributed by atoms with van der Waals surface area (Å²) in [6, 6.07) is 21.0. The van der Waals surface area contributed by atoms with Crippen molar-refractivity contribution >= 4 is 28.3 Å². The van der Waals surface area contributed by atoms with Gasteiger partial charge in [-0.05, 0) is 11.1 Å². The minimum atomic E-state index is 0.128. The standard InChI is InChI=1S/C19H23NS2/c1-19(2,3)22-18(21)20(14-16-10-6-4-7-11-16)15-17-12-8-5-9-13-17/h4-13H,14-15H2,1-3H3. The minimum Gasteiger partial charge on any atom is -0.349 e. The number of benzene rings is 2. The highest BCUT2D eigenvalue weighted by Crippen LogP contribution is 2.28. The van der Waals surface area contributed by atoms with E-state index in [4.69, 9.17) is 12.2 Å². The molecule has 0 saturated heterocycles. The van der Waals surface area contributed by atoms with E-state index in [0.717, 1.165) is 17.4 Å². The molecule has 0 spiro atoms. The summed E-state index contributed by atoms with van der Waals surface area (Å²) in [6.45, 7) is 8.29. The van der Waals surface area contributed by atoms with E-state index in [1.807, 2.05) is 12.1 Å². The van der Waals surface area contributed by atoms with Crippen LogP contribution in [0.1, 0.15) is 31.9 Å². The SMILES string of the molecule is CC(C)(C)SC(=S)N(Cc1ccccc1)Cc1ccccc1. The van der Waals surface area contributed by atoms with Crippen LogP contribution in [0.3, 0.4) is 0 Å². The van der Waals surface area contributed by atoms with E-state index in [0.29, 0.717) is 0 Å². The molecule has 0 bridgehead atoms. The van der Waals surface area contributed by atoms with Gasteiger partial charge in [-0.1, -0.05) is 105 Å². The molecule has 0 N–H and O–H groups in total. The molecule has 0 aliphatic carbocycles. The van der Waals surface area contributed by atoms with Crippen molar-refractivity contribution in [1.29, 1.82) is 0 Å². The molecule has 0 saturated carbocycles. The van der Waals surface area contributed by atoms with Crippen molar-refractivity contribution in [3.8, 4) is 0 Å². The molecule has 0 atom stereocenters. The number of hydrogen-bond acceptors (Lipinski definition) is 2. The van der Waals surface area contributed by atoms with Gasteiger partial charge in [0.25, 0.3) is 0 Å². The van der Waals surface area contributed by atoms with Crippen LogP contribution in [0.4, 0.5) is 0 Å². The Morgan fingerprint density at radius 1 is 0.864 bits per heavy atom. The summed E-state index contributed by atoms with van der Waals surface area (Å²) in [4.78, 5) is 2.29. The Hall–Kier alpha value is -1.32. The van der Waals surface area contributed by atoms with Gasteiger partial charge in [-0.15, -0.1) is 0 Å². The highest BCUT2D eigenvalue weighted by atomic mass is 32.2. The molecule has 0 amide bonds. The number of hydrogen-bond donors (Lipinski definition) is 0. The van der Waals surface area contributed by atoms with Gasteiger partial charge < -0.3 is 4.90 Å². The average Bonchev–Trinajstić information content (AvgIpc) is 2.47. The Labute approximate surface area is 143 Å². The average molecular weight is 330 g/mol. The normalized spacial score (nSPS) is 11.2. The number of thiocarbonyl (C=S) groups is 1. The Morgan fingerprint density at radius 3 is 1.64 bits per heavy atom. The molecule has 1 nitrogen and oxygen atoms in total. The smallest absolute Gasteiger partial charge is 0.137 e. The number of thioether (sulfide) groups is 1. The highest BCUT2D eigenvalue weighted by molar-refractivity contribution is 8.23. The topological polar surface area (TPSA) is 3.24 Å². The zero-order chi connectivity index (χ0) is 16.0. The molecule has 2 aromatic carbocycles. The van der Waals surface area contributed by atoms with Crippen LogP contribution in [-0.2, 0) is 13.1 Å². The third-order valence-electron chi connectivity index (χ3n) is 3.08. The monoisotopic (exact) mass is 329 g/mol. The summed E-state index contributed by atoms with van der Waals surface area (Å²) in [5.41, 5.74) is 2.57. The van der Waals surface area contributed by atoms with E-state index >= 15 is 0 Å². The van der Waals surface area contributed by atoms with Gasteiger partial charge in [0.2, 0.25) is 0 Å². The first-order valence-corrected chi connectivity index (χ1v) is 8.72. The lowest BCUT2D eigenvalue weighted by molar-refractivity contribution is 0.421. The van der Waals surface area contributed by atoms with Gasteiger partial charge in [0.05, 0.1) is 0 Å². The molecule has 3 heteroatoms. The van der Waals surface area contributed by atoms with E-state index in [-0.39, 0.29) is 4.75 Å². The number of rotatable bonds is 4. The molecule has 22 heavy (non-hydrogen) atoms. The van der Waals surface area contributed by atoms with E-state index in [2.05, 4.69) is 74.2 Å². The van der Waals surface area contributed by atoms with Crippen molar-refractivity contribution in [1.82, 2.24) is 4.90 Å². The first kappa shape index (κ1) is 17.0. The van der Waals surface area contributed by atoms with Crippen molar-refractivity contribution in [2.24, 2.45) is 0 Å². The van der Waals surface area contributed by atoms with E-state index in [1.54, 1.807) is 11.8 Å². The molecule has 0 aliphatic heterocycles. The van der Waals surface area contributed by atoms with E-state index in [1.165, 1.54) is 11.1 Å². The second-order valence-corrected chi connectivity index (χ2v) is 8.77. The molecular weight excluding hydrogens is 306 g/mol. The van der Waals surface area contributed by atoms with Crippen molar-refractivity contribution in [3.63, 3.8) is 0 Å². The maximum absolute atomic E-state index is 5.71. The van der Waals surface area contributed by atoms with Crippen LogP contribution < -0.4 is 0 Å². The van der Waals surface area contributed by atoms with Crippen molar-refractivity contribution in [3.05, 3.63) is 71.8 Å². The van der Waals surface area contributed by atoms with Crippen LogP contribution in [0.2, 0.25) is 0 Å². The summed E-state index contributed by atoms with van der Waals surface area (Å²) >= 11 is 7.47. The summed E-state index contributed by atoms with van der Waals surface area (Å²) in [6.07, 6.45) is 0. The maximum Gasteiger partial charge on any atom is 0.137 e. The van der Waals surface area contributed by atoms with Crippen LogP contribution in [0.5, 0.6) is 0 Å². The molecule has 0 aliphatic rings. The molecule has 2 rings (SSSR count). The molecule has 0 radical (unpaired) electrons. The zero-order valence-electron chi connectivity index (χ0n) is 13.5. The van der Waals surface area contributed by atoms with Gasteiger partial charge in [-0.25, -0.2) is 0 Å². The molecule has 0 fully saturated rings. The fourth-order valence-electron chi connectivity index (χ4n) is 2.12. The van der Waals surface area contributed by atoms with Crippen LogP contribution in [0.15, 0.2) is 60.7 Å². The fraction of sp³-hybridized carbons (Fsp3) is 0.316. The van der Waals surface area contributed by atoms with E-state index in [9.17, 15) is 0 Å². The van der Waals surface area contributed by atoms with Gasteiger partial charge in [0, 0.05) is 17.8 Å². The highest BCUT2D eigenvalue weighted by Gasteiger charge is 2.19. The Kier molecular flexibility index (Phi) is 6.04. The third-order valence-corrected chi connectivity index (χ3v) is 4.64. The molecule has 0 unspecified atom stereocenters. The van der Waals surface area contributed by atoms with Gasteiger partial charge >= 0.3 is 0 Å². The lowest BCUT2D eigenvalue weighted by Crippen LogP contribution is -2.29. The van der Waals surface area contributed by atoms with Gasteiger partial charge in [-0.2, -0.15) is 0 Å². The van der Waals surface area contributed by atoms with E-state index < -0.39 is 0 Å². The molecule has 116 valence electrons. The Balaban J connectivity index is 2.14. The quantitative estimate of drug-likeness (QED) is 0.681. The van der Waals surface area contributed by atoms with Crippen LogP contribution in [0.25, 0.3) is 0 Å². The second-order valence-electron chi connectivity index (χ2n) is 6.31. The van der Waals surface area contributed by atoms with Gasteiger partial charge in [-0.3, -0.25) is 0 Å². The van der Waals surface area contributed by atoms with Gasteiger partial charge in [0.1, 0.15) is 4.32 Å². The first-order valence-electron chi connectivity index (χ1n) is 7.50. The molecule has 2 aromatic rings. The van der Waals surface area contributed by atoms with Gasteiger partial charge in [0.15, 0.2) is 0 Å². The van der Waals surface area contributed by atoms with Crippen LogP contribution >= 0.6 is 24.0 Å². The molecule has 0 aromatic heterocycles. The fourth-order valence-corrected chi connectivity index (χ4v) is 3.78. The molecular formula is C19H23NS2. The summed E-state index contributed by atoms with van der Waals surface area (Å²) < 4.78 is 1.09. The maximum atomic E-state index is 5.71. The summed E-state index contributed by atoms with van der Waals surface area (Å²) in [5, 5.41) is 0. The second kappa shape index (κ2) is 7.80. The van der Waals surface area contributed by atoms with Crippen molar-refractivity contribution < 1.29 is 0 Å². The number of nitrogens with zero attached hydrogens (tertiary/aromatic N) is 1. The Bertz CT molecular complexity index is 546. The lowest BCUT2D eigenvalue weighted by Gasteiger charge is -2.29. The van der Waals surface area contributed by atoms with Crippen molar-refractivity contribution in [2.45, 2.75) is 38.6 Å². The largest absolute Gasteiger partial charge is 0.349 e. The zero-order valence-corrected chi connectivity index (χ0v) is 15.1. The predicted molar refractivity (Wildman–Crippen MR) is 102 cm³/mol. The third kappa shape index (κ3) is 5.82. The Morgan fingerprint density at radius 2 is 1.27 bits per heavy atom. The lowest BCUT2D eigenvalue weighted by atomic mass is 10.2.